The van der Waals surface area contributed by atoms with Gasteiger partial charge in [0, 0.05) is 11.5 Å². The fourth-order valence-corrected chi connectivity index (χ4v) is 1.04. The summed E-state index contributed by atoms with van der Waals surface area (Å²) >= 11 is 0. The molecule has 3 heteroatoms. The van der Waals surface area contributed by atoms with Crippen molar-refractivity contribution < 1.29 is 8.91 Å². The van der Waals surface area contributed by atoms with Crippen molar-refractivity contribution in [1.82, 2.24) is 5.16 Å². The minimum atomic E-state index is -0.286. The van der Waals surface area contributed by atoms with E-state index >= 15 is 0 Å². The fourth-order valence-electron chi connectivity index (χ4n) is 1.04. The third kappa shape index (κ3) is 0.888. The maximum absolute atomic E-state index is 12.6. The monoisotopic (exact) mass is 151 g/mol. The van der Waals surface area contributed by atoms with Crippen LogP contribution in [-0.2, 0) is 0 Å². The number of fused-ring (bicyclic) bond motifs is 1. The predicted octanol–water partition coefficient (Wildman–Crippen LogP) is 2.28. The zero-order valence-corrected chi connectivity index (χ0v) is 5.97. The summed E-state index contributed by atoms with van der Waals surface area (Å²) in [7, 11) is 0. The van der Waals surface area contributed by atoms with Crippen LogP contribution >= 0.6 is 0 Å². The lowest BCUT2D eigenvalue weighted by Crippen LogP contribution is -1.72. The van der Waals surface area contributed by atoms with E-state index in [4.69, 9.17) is 4.52 Å². The number of halogens is 1. The van der Waals surface area contributed by atoms with Gasteiger partial charge < -0.3 is 4.52 Å². The Morgan fingerprint density at radius 3 is 3.09 bits per heavy atom. The van der Waals surface area contributed by atoms with E-state index in [1.807, 2.05) is 0 Å². The van der Waals surface area contributed by atoms with Crippen LogP contribution in [0.2, 0.25) is 0 Å². The summed E-state index contributed by atoms with van der Waals surface area (Å²) in [4.78, 5) is 0. The van der Waals surface area contributed by atoms with Crippen molar-refractivity contribution in [3.05, 3.63) is 29.8 Å². The molecule has 0 amide bonds. The Kier molecular flexibility index (Phi) is 1.18. The smallest absolute Gasteiger partial charge is 0.141 e. The second-order valence-electron chi connectivity index (χ2n) is 2.40. The molecule has 0 saturated heterocycles. The van der Waals surface area contributed by atoms with Gasteiger partial charge >= 0.3 is 0 Å². The molecule has 0 atom stereocenters. The molecule has 0 N–H and O–H groups in total. The van der Waals surface area contributed by atoms with Crippen LogP contribution < -0.4 is 0 Å². The number of rotatable bonds is 0. The highest BCUT2D eigenvalue weighted by Gasteiger charge is 2.03. The van der Waals surface area contributed by atoms with Crippen LogP contribution in [0.15, 0.2) is 22.7 Å². The van der Waals surface area contributed by atoms with Crippen LogP contribution in [0, 0.1) is 12.7 Å². The van der Waals surface area contributed by atoms with Gasteiger partial charge in [-0.3, -0.25) is 0 Å². The molecular formula is C8H6FNO. The average Bonchev–Trinajstić information content (AvgIpc) is 2.32. The van der Waals surface area contributed by atoms with Crippen molar-refractivity contribution in [2.45, 2.75) is 6.92 Å². The van der Waals surface area contributed by atoms with Crippen molar-refractivity contribution >= 4 is 10.9 Å². The Balaban J connectivity index is 2.86. The third-order valence-electron chi connectivity index (χ3n) is 1.62. The van der Waals surface area contributed by atoms with Crippen molar-refractivity contribution in [1.29, 1.82) is 0 Å². The Labute approximate surface area is 62.6 Å². The summed E-state index contributed by atoms with van der Waals surface area (Å²) in [5.41, 5.74) is 0.572. The van der Waals surface area contributed by atoms with Crippen LogP contribution in [0.1, 0.15) is 5.76 Å². The van der Waals surface area contributed by atoms with Crippen LogP contribution in [0.25, 0.3) is 10.9 Å². The van der Waals surface area contributed by atoms with E-state index in [-0.39, 0.29) is 5.82 Å². The third-order valence-corrected chi connectivity index (χ3v) is 1.62. The molecule has 1 aromatic carbocycles. The van der Waals surface area contributed by atoms with E-state index in [1.54, 1.807) is 13.0 Å². The van der Waals surface area contributed by atoms with Gasteiger partial charge in [-0.05, 0) is 19.1 Å². The highest BCUT2D eigenvalue weighted by Crippen LogP contribution is 2.17. The Hall–Kier alpha value is -1.38. The van der Waals surface area contributed by atoms with Crippen molar-refractivity contribution in [2.75, 3.05) is 0 Å². The molecule has 0 radical (unpaired) electrons. The van der Waals surface area contributed by atoms with E-state index < -0.39 is 0 Å². The molecule has 2 rings (SSSR count). The van der Waals surface area contributed by atoms with Gasteiger partial charge in [0.15, 0.2) is 0 Å². The lowest BCUT2D eigenvalue weighted by atomic mass is 10.2. The molecule has 11 heavy (non-hydrogen) atoms. The second kappa shape index (κ2) is 2.05. The van der Waals surface area contributed by atoms with Gasteiger partial charge in [-0.1, -0.05) is 5.16 Å². The Morgan fingerprint density at radius 1 is 1.45 bits per heavy atom. The van der Waals surface area contributed by atoms with Gasteiger partial charge in [0.2, 0.25) is 0 Å². The van der Waals surface area contributed by atoms with E-state index in [0.29, 0.717) is 5.52 Å². The molecule has 0 aliphatic heterocycles. The standard InChI is InChI=1S/C8H6FNO/c1-5-7-3-2-6(9)4-8(7)10-11-5/h2-4H,1H3. The highest BCUT2D eigenvalue weighted by molar-refractivity contribution is 5.79. The molecule has 0 aliphatic carbocycles. The molecule has 0 bridgehead atoms. The Morgan fingerprint density at radius 2 is 2.27 bits per heavy atom. The first-order valence-corrected chi connectivity index (χ1v) is 3.29. The lowest BCUT2D eigenvalue weighted by Gasteiger charge is -1.86. The molecule has 56 valence electrons. The molecule has 0 aliphatic rings. The summed E-state index contributed by atoms with van der Waals surface area (Å²) in [6.45, 7) is 1.80. The van der Waals surface area contributed by atoms with E-state index in [0.717, 1.165) is 11.1 Å². The molecule has 2 nitrogen and oxygen atoms in total. The average molecular weight is 151 g/mol. The van der Waals surface area contributed by atoms with Gasteiger partial charge in [-0.25, -0.2) is 4.39 Å². The first kappa shape index (κ1) is 6.34. The number of aromatic nitrogens is 1. The minimum Gasteiger partial charge on any atom is -0.360 e. The van der Waals surface area contributed by atoms with Crippen molar-refractivity contribution in [3.8, 4) is 0 Å². The summed E-state index contributed by atoms with van der Waals surface area (Å²) in [6.07, 6.45) is 0. The topological polar surface area (TPSA) is 26.0 Å². The van der Waals surface area contributed by atoms with Crippen molar-refractivity contribution in [3.63, 3.8) is 0 Å². The van der Waals surface area contributed by atoms with E-state index in [1.165, 1.54) is 12.1 Å². The molecule has 1 heterocycles. The van der Waals surface area contributed by atoms with Crippen LogP contribution in [0.4, 0.5) is 4.39 Å². The molecular weight excluding hydrogens is 145 g/mol. The highest BCUT2D eigenvalue weighted by atomic mass is 19.1. The second-order valence-corrected chi connectivity index (χ2v) is 2.40. The summed E-state index contributed by atoms with van der Waals surface area (Å²) in [5.74, 6) is 0.436. The maximum Gasteiger partial charge on any atom is 0.141 e. The SMILES string of the molecule is Cc1onc2cc(F)ccc12. The number of nitrogens with zero attached hydrogens (tertiary/aromatic N) is 1. The Bertz CT molecular complexity index is 394. The molecule has 0 fully saturated rings. The quantitative estimate of drug-likeness (QED) is 0.577. The predicted molar refractivity (Wildman–Crippen MR) is 38.7 cm³/mol. The van der Waals surface area contributed by atoms with Gasteiger partial charge in [0.05, 0.1) is 0 Å². The normalized spacial score (nSPS) is 10.7. The summed E-state index contributed by atoms with van der Waals surface area (Å²) < 4.78 is 17.4. The van der Waals surface area contributed by atoms with Crippen LogP contribution in [-0.4, -0.2) is 5.16 Å². The number of benzene rings is 1. The van der Waals surface area contributed by atoms with Gasteiger partial charge in [-0.15, -0.1) is 0 Å². The fraction of sp³-hybridized carbons (Fsp3) is 0.125. The van der Waals surface area contributed by atoms with Gasteiger partial charge in [-0.2, -0.15) is 0 Å². The zero-order valence-electron chi connectivity index (χ0n) is 5.97. The molecule has 0 spiro atoms. The molecule has 2 aromatic rings. The number of aryl methyl sites for hydroxylation is 1. The van der Waals surface area contributed by atoms with Crippen molar-refractivity contribution in [2.24, 2.45) is 0 Å². The lowest BCUT2D eigenvalue weighted by molar-refractivity contribution is 0.405. The summed E-state index contributed by atoms with van der Waals surface area (Å²) in [5, 5.41) is 4.53. The van der Waals surface area contributed by atoms with Crippen LogP contribution in [0.3, 0.4) is 0 Å². The molecule has 1 aromatic heterocycles. The van der Waals surface area contributed by atoms with Gasteiger partial charge in [0.25, 0.3) is 0 Å². The van der Waals surface area contributed by atoms with E-state index in [9.17, 15) is 4.39 Å². The van der Waals surface area contributed by atoms with E-state index in [2.05, 4.69) is 5.16 Å². The maximum atomic E-state index is 12.6. The molecule has 0 unspecified atom stereocenters. The number of hydrogen-bond donors (Lipinski definition) is 0. The largest absolute Gasteiger partial charge is 0.360 e. The van der Waals surface area contributed by atoms with Gasteiger partial charge in [0.1, 0.15) is 17.1 Å². The first-order valence-electron chi connectivity index (χ1n) is 3.29. The molecule has 0 saturated carbocycles. The first-order chi connectivity index (χ1) is 5.27. The zero-order chi connectivity index (χ0) is 7.84. The van der Waals surface area contributed by atoms with Crippen LogP contribution in [0.5, 0.6) is 0 Å². The number of hydrogen-bond acceptors (Lipinski definition) is 2. The minimum absolute atomic E-state index is 0.286. The summed E-state index contributed by atoms with van der Waals surface area (Å²) in [6, 6.07) is 4.41.